The molecule has 0 radical (unpaired) electrons. The van der Waals surface area contributed by atoms with Gasteiger partial charge in [0.2, 0.25) is 0 Å². The third-order valence-electron chi connectivity index (χ3n) is 5.31. The molecule has 2 aliphatic heterocycles. The first-order valence-corrected chi connectivity index (χ1v) is 10.3. The van der Waals surface area contributed by atoms with Crippen molar-refractivity contribution in [2.75, 3.05) is 21.3 Å². The maximum Gasteiger partial charge on any atom is 0.329 e. The third kappa shape index (κ3) is 2.58. The van der Waals surface area contributed by atoms with E-state index < -0.39 is 27.7 Å². The Morgan fingerprint density at radius 3 is 2.23 bits per heavy atom. The highest BCUT2D eigenvalue weighted by atomic mass is 32.2. The van der Waals surface area contributed by atoms with Gasteiger partial charge in [0.05, 0.1) is 23.6 Å². The second kappa shape index (κ2) is 5.81. The van der Waals surface area contributed by atoms with Crippen molar-refractivity contribution >= 4 is 27.2 Å². The Hall–Kier alpha value is -2.41. The summed E-state index contributed by atoms with van der Waals surface area (Å²) in [5.74, 6) is -0.543. The van der Waals surface area contributed by atoms with E-state index in [-0.39, 0.29) is 17.5 Å². The average Bonchev–Trinajstić information content (AvgIpc) is 3.01. The lowest BCUT2D eigenvalue weighted by atomic mass is 10.1. The molecule has 7 heteroatoms. The number of halogens is 1. The van der Waals surface area contributed by atoms with Crippen LogP contribution in [0.3, 0.4) is 0 Å². The van der Waals surface area contributed by atoms with Gasteiger partial charge in [-0.2, -0.15) is 0 Å². The van der Waals surface area contributed by atoms with E-state index in [9.17, 15) is 17.6 Å². The van der Waals surface area contributed by atoms with E-state index in [1.165, 1.54) is 29.2 Å². The summed E-state index contributed by atoms with van der Waals surface area (Å²) in [5, 5.41) is 0. The largest absolute Gasteiger partial charge is 0.329 e. The summed E-state index contributed by atoms with van der Waals surface area (Å²) in [7, 11) is -3.25. The monoisotopic (exact) mass is 374 g/mol. The highest BCUT2D eigenvalue weighted by Gasteiger charge is 2.54. The minimum absolute atomic E-state index is 0.0610. The summed E-state index contributed by atoms with van der Waals surface area (Å²) in [6.07, 6.45) is 0. The first kappa shape index (κ1) is 17.0. The molecule has 0 spiro atoms. The molecular formula is C19H19FN2O3S. The lowest BCUT2D eigenvalue weighted by molar-refractivity contribution is 0.255. The molecule has 2 amide bonds. The van der Waals surface area contributed by atoms with E-state index in [1.54, 1.807) is 4.90 Å². The zero-order valence-electron chi connectivity index (χ0n) is 14.5. The van der Waals surface area contributed by atoms with Gasteiger partial charge in [-0.3, -0.25) is 9.80 Å². The molecule has 2 aromatic carbocycles. The van der Waals surface area contributed by atoms with Crippen molar-refractivity contribution in [2.24, 2.45) is 0 Å². The van der Waals surface area contributed by atoms with Crippen molar-refractivity contribution in [3.8, 4) is 0 Å². The molecule has 0 N–H and O–H groups in total. The van der Waals surface area contributed by atoms with E-state index in [1.807, 2.05) is 32.0 Å². The zero-order valence-corrected chi connectivity index (χ0v) is 15.3. The number of aryl methyl sites for hydroxylation is 1. The average molecular weight is 374 g/mol. The highest BCUT2D eigenvalue weighted by Crippen LogP contribution is 2.39. The van der Waals surface area contributed by atoms with Gasteiger partial charge in [0.1, 0.15) is 5.82 Å². The first-order chi connectivity index (χ1) is 12.3. The molecule has 26 heavy (non-hydrogen) atoms. The minimum atomic E-state index is -3.25. The summed E-state index contributed by atoms with van der Waals surface area (Å²) in [4.78, 5) is 16.3. The fraction of sp³-hybridized carbons (Fsp3) is 0.316. The molecule has 2 atom stereocenters. The molecule has 0 saturated carbocycles. The van der Waals surface area contributed by atoms with E-state index in [0.29, 0.717) is 5.69 Å². The maximum absolute atomic E-state index is 13.3. The van der Waals surface area contributed by atoms with E-state index >= 15 is 0 Å². The van der Waals surface area contributed by atoms with Gasteiger partial charge in [-0.15, -0.1) is 0 Å². The zero-order chi connectivity index (χ0) is 18.6. The molecule has 5 nitrogen and oxygen atoms in total. The Balaban J connectivity index is 1.84. The molecule has 0 aromatic heterocycles. The van der Waals surface area contributed by atoms with Crippen LogP contribution < -0.4 is 9.80 Å². The summed E-state index contributed by atoms with van der Waals surface area (Å²) >= 11 is 0. The van der Waals surface area contributed by atoms with Crippen LogP contribution in [0.5, 0.6) is 0 Å². The second-order valence-corrected chi connectivity index (χ2v) is 9.08. The van der Waals surface area contributed by atoms with Gasteiger partial charge < -0.3 is 0 Å². The second-order valence-electron chi connectivity index (χ2n) is 6.93. The predicted molar refractivity (Wildman–Crippen MR) is 98.9 cm³/mol. The van der Waals surface area contributed by atoms with Crippen LogP contribution in [0.4, 0.5) is 20.6 Å². The number of hydrogen-bond acceptors (Lipinski definition) is 3. The van der Waals surface area contributed by atoms with Gasteiger partial charge in [0.15, 0.2) is 9.84 Å². The van der Waals surface area contributed by atoms with Crippen LogP contribution >= 0.6 is 0 Å². The Morgan fingerprint density at radius 2 is 1.58 bits per heavy atom. The quantitative estimate of drug-likeness (QED) is 0.759. The number of anilines is 2. The summed E-state index contributed by atoms with van der Waals surface area (Å²) in [6.45, 7) is 3.89. The highest BCUT2D eigenvalue weighted by molar-refractivity contribution is 7.91. The number of hydrogen-bond donors (Lipinski definition) is 0. The van der Waals surface area contributed by atoms with E-state index in [4.69, 9.17) is 0 Å². The van der Waals surface area contributed by atoms with Crippen LogP contribution in [0.15, 0.2) is 42.5 Å². The topological polar surface area (TPSA) is 57.7 Å². The smallest absolute Gasteiger partial charge is 0.288 e. The Kier molecular flexibility index (Phi) is 3.80. The van der Waals surface area contributed by atoms with Crippen molar-refractivity contribution in [1.82, 2.24) is 0 Å². The SMILES string of the molecule is Cc1cccc(N2C(=O)N(c3ccc(F)cc3)C3CS(=O)(=O)CC32)c1C. The molecule has 2 aliphatic rings. The minimum Gasteiger partial charge on any atom is -0.288 e. The van der Waals surface area contributed by atoms with Crippen molar-refractivity contribution in [2.45, 2.75) is 25.9 Å². The number of sulfone groups is 1. The summed E-state index contributed by atoms with van der Waals surface area (Å²) in [6, 6.07) is 10.1. The van der Waals surface area contributed by atoms with E-state index in [2.05, 4.69) is 0 Å². The number of benzene rings is 2. The molecule has 4 rings (SSSR count). The lowest BCUT2D eigenvalue weighted by Gasteiger charge is -2.24. The van der Waals surface area contributed by atoms with Gasteiger partial charge in [-0.05, 0) is 55.3 Å². The van der Waals surface area contributed by atoms with Gasteiger partial charge in [-0.1, -0.05) is 12.1 Å². The number of urea groups is 1. The molecule has 2 aromatic rings. The molecule has 0 bridgehead atoms. The van der Waals surface area contributed by atoms with Gasteiger partial charge in [-0.25, -0.2) is 17.6 Å². The number of amides is 2. The Labute approximate surface area is 152 Å². The van der Waals surface area contributed by atoms with Crippen molar-refractivity contribution < 1.29 is 17.6 Å². The number of carbonyl (C=O) groups is 1. The number of nitrogens with zero attached hydrogens (tertiary/aromatic N) is 2. The van der Waals surface area contributed by atoms with Crippen molar-refractivity contribution in [3.05, 3.63) is 59.4 Å². The molecule has 2 saturated heterocycles. The van der Waals surface area contributed by atoms with Crippen LogP contribution in [0, 0.1) is 19.7 Å². The molecule has 2 unspecified atom stereocenters. The van der Waals surface area contributed by atoms with Gasteiger partial charge >= 0.3 is 6.03 Å². The molecular weight excluding hydrogens is 355 g/mol. The van der Waals surface area contributed by atoms with Crippen molar-refractivity contribution in [3.63, 3.8) is 0 Å². The van der Waals surface area contributed by atoms with Crippen LogP contribution in [0.1, 0.15) is 11.1 Å². The van der Waals surface area contributed by atoms with Crippen LogP contribution in [0.25, 0.3) is 0 Å². The Morgan fingerprint density at radius 1 is 0.962 bits per heavy atom. The fourth-order valence-electron chi connectivity index (χ4n) is 3.89. The standard InChI is InChI=1S/C19H19FN2O3S/c1-12-4-3-5-16(13(12)2)22-18-11-26(24,25)10-17(18)21(19(22)23)15-8-6-14(20)7-9-15/h3-9,17-18H,10-11H2,1-2H3. The summed E-state index contributed by atoms with van der Waals surface area (Å²) < 4.78 is 37.9. The Bertz CT molecular complexity index is 988. The molecule has 2 fully saturated rings. The molecule has 2 heterocycles. The molecule has 136 valence electrons. The maximum atomic E-state index is 13.3. The third-order valence-corrected chi connectivity index (χ3v) is 7.01. The lowest BCUT2D eigenvalue weighted by Crippen LogP contribution is -2.38. The van der Waals surface area contributed by atoms with Crippen LogP contribution in [0.2, 0.25) is 0 Å². The number of rotatable bonds is 2. The molecule has 0 aliphatic carbocycles. The van der Waals surface area contributed by atoms with Crippen molar-refractivity contribution in [1.29, 1.82) is 0 Å². The van der Waals surface area contributed by atoms with Gasteiger partial charge in [0, 0.05) is 11.4 Å². The number of fused-ring (bicyclic) bond motifs is 1. The fourth-order valence-corrected chi connectivity index (χ4v) is 5.80. The normalized spacial score (nSPS) is 24.2. The van der Waals surface area contributed by atoms with Crippen LogP contribution in [-0.4, -0.2) is 38.0 Å². The first-order valence-electron chi connectivity index (χ1n) is 8.43. The number of carbonyl (C=O) groups excluding carboxylic acids is 1. The van der Waals surface area contributed by atoms with Gasteiger partial charge in [0.25, 0.3) is 0 Å². The van der Waals surface area contributed by atoms with E-state index in [0.717, 1.165) is 16.8 Å². The van der Waals surface area contributed by atoms with Crippen LogP contribution in [-0.2, 0) is 9.84 Å². The summed E-state index contributed by atoms with van der Waals surface area (Å²) in [5.41, 5.74) is 3.22. The predicted octanol–water partition coefficient (Wildman–Crippen LogP) is 3.05.